The van der Waals surface area contributed by atoms with Crippen LogP contribution in [-0.2, 0) is 6.54 Å². The molecule has 3 aromatic carbocycles. The van der Waals surface area contributed by atoms with Crippen LogP contribution < -0.4 is 10.6 Å². The molecule has 1 saturated heterocycles. The number of hydrogen-bond donors (Lipinski definition) is 4. The van der Waals surface area contributed by atoms with E-state index in [-0.39, 0.29) is 11.5 Å². The van der Waals surface area contributed by atoms with Gasteiger partial charge in [-0.3, -0.25) is 9.48 Å². The summed E-state index contributed by atoms with van der Waals surface area (Å²) in [4.78, 5) is 2.36. The fraction of sp³-hybridized carbons (Fsp3) is 0.208. The minimum atomic E-state index is -0.0860. The molecule has 0 radical (unpaired) electrons. The summed E-state index contributed by atoms with van der Waals surface area (Å²) in [6.07, 6.45) is 0. The average Bonchev–Trinajstić information content (AvgIpc) is 2.93. The zero-order valence-electron chi connectivity index (χ0n) is 17.0. The Morgan fingerprint density at radius 2 is 1.65 bits per heavy atom. The van der Waals surface area contributed by atoms with E-state index in [2.05, 4.69) is 38.3 Å². The number of para-hydroxylation sites is 1. The molecule has 0 atom stereocenters. The summed E-state index contributed by atoms with van der Waals surface area (Å²) in [6, 6.07) is 19.2. The van der Waals surface area contributed by atoms with E-state index in [0.717, 1.165) is 66.7 Å². The first-order valence-electron chi connectivity index (χ1n) is 10.3. The average molecular weight is 436 g/mol. The van der Waals surface area contributed by atoms with Crippen molar-refractivity contribution in [1.29, 1.82) is 0 Å². The zero-order chi connectivity index (χ0) is 21.4. The summed E-state index contributed by atoms with van der Waals surface area (Å²) in [7, 11) is 0. The molecule has 7 heteroatoms. The molecule has 2 aliphatic rings. The van der Waals surface area contributed by atoms with Gasteiger partial charge in [-0.2, -0.15) is 0 Å². The summed E-state index contributed by atoms with van der Waals surface area (Å²) in [5.74, 6) is 0.916. The minimum absolute atomic E-state index is 0.0734. The molecule has 0 spiro atoms. The van der Waals surface area contributed by atoms with Gasteiger partial charge >= 0.3 is 0 Å². The molecule has 0 aromatic heterocycles. The normalized spacial score (nSPS) is 16.0. The van der Waals surface area contributed by atoms with Crippen LogP contribution in [0, 0.1) is 0 Å². The maximum atomic E-state index is 9.76. The van der Waals surface area contributed by atoms with Crippen LogP contribution in [0.15, 0.2) is 60.7 Å². The molecule has 6 nitrogen and oxygen atoms in total. The third-order valence-corrected chi connectivity index (χ3v) is 6.06. The quantitative estimate of drug-likeness (QED) is 0.359. The van der Waals surface area contributed by atoms with Gasteiger partial charge in [-0.05, 0) is 42.0 Å². The zero-order valence-corrected chi connectivity index (χ0v) is 17.7. The van der Waals surface area contributed by atoms with Crippen molar-refractivity contribution in [3.05, 3.63) is 76.8 Å². The van der Waals surface area contributed by atoms with E-state index in [4.69, 9.17) is 11.6 Å². The van der Waals surface area contributed by atoms with E-state index in [0.29, 0.717) is 5.02 Å². The van der Waals surface area contributed by atoms with Crippen LogP contribution in [0.5, 0.6) is 11.5 Å². The number of anilines is 3. The highest BCUT2D eigenvalue weighted by Gasteiger charge is 2.28. The Labute approximate surface area is 186 Å². The third kappa shape index (κ3) is 4.04. The number of nitrogens with one attached hydrogen (secondary N) is 2. The molecule has 2 heterocycles. The first-order valence-corrected chi connectivity index (χ1v) is 10.7. The van der Waals surface area contributed by atoms with Gasteiger partial charge < -0.3 is 15.5 Å². The van der Waals surface area contributed by atoms with Crippen molar-refractivity contribution in [3.63, 3.8) is 0 Å². The number of amidine groups is 1. The summed E-state index contributed by atoms with van der Waals surface area (Å²) in [5, 5.41) is 27.1. The Bertz CT molecular complexity index is 1170. The second-order valence-electron chi connectivity index (χ2n) is 7.92. The Balaban J connectivity index is 1.41. The lowest BCUT2D eigenvalue weighted by Gasteiger charge is -2.28. The van der Waals surface area contributed by atoms with Crippen molar-refractivity contribution in [3.8, 4) is 11.5 Å². The lowest BCUT2D eigenvalue weighted by Crippen LogP contribution is -2.45. The van der Waals surface area contributed by atoms with Crippen LogP contribution in [0.2, 0.25) is 5.02 Å². The molecule has 0 bridgehead atoms. The number of halogens is 1. The van der Waals surface area contributed by atoms with Crippen LogP contribution in [0.3, 0.4) is 0 Å². The molecule has 31 heavy (non-hydrogen) atoms. The van der Waals surface area contributed by atoms with Gasteiger partial charge in [0, 0.05) is 30.7 Å². The van der Waals surface area contributed by atoms with Crippen LogP contribution in [0.25, 0.3) is 0 Å². The summed E-state index contributed by atoms with van der Waals surface area (Å²) < 4.78 is 2.38. The Kier molecular flexibility index (Phi) is 5.18. The van der Waals surface area contributed by atoms with Gasteiger partial charge in [0.2, 0.25) is 0 Å². The smallest absolute Gasteiger partial charge is 0.284 e. The van der Waals surface area contributed by atoms with E-state index < -0.39 is 0 Å². The first kappa shape index (κ1) is 19.7. The van der Waals surface area contributed by atoms with Gasteiger partial charge in [-0.25, -0.2) is 5.32 Å². The summed E-state index contributed by atoms with van der Waals surface area (Å²) in [5.41, 5.74) is 5.14. The maximum absolute atomic E-state index is 9.76. The molecular weight excluding hydrogens is 412 g/mol. The van der Waals surface area contributed by atoms with E-state index in [9.17, 15) is 10.2 Å². The third-order valence-electron chi connectivity index (χ3n) is 5.82. The van der Waals surface area contributed by atoms with Crippen molar-refractivity contribution < 1.29 is 14.8 Å². The molecule has 5 rings (SSSR count). The maximum Gasteiger partial charge on any atom is 0.284 e. The highest BCUT2D eigenvalue weighted by molar-refractivity contribution is 6.31. The number of phenols is 2. The number of rotatable bonds is 2. The van der Waals surface area contributed by atoms with Crippen molar-refractivity contribution in [2.45, 2.75) is 6.54 Å². The number of hydrogen-bond acceptors (Lipinski definition) is 4. The van der Waals surface area contributed by atoms with Crippen molar-refractivity contribution in [1.82, 2.24) is 4.90 Å². The molecule has 0 aliphatic carbocycles. The Morgan fingerprint density at radius 3 is 2.45 bits per heavy atom. The van der Waals surface area contributed by atoms with Gasteiger partial charge in [0.25, 0.3) is 5.84 Å². The molecule has 4 N–H and O–H groups in total. The molecule has 2 aliphatic heterocycles. The fourth-order valence-corrected chi connectivity index (χ4v) is 4.34. The summed E-state index contributed by atoms with van der Waals surface area (Å²) in [6.45, 7) is 4.27. The summed E-state index contributed by atoms with van der Waals surface area (Å²) >= 11 is 6.26. The number of piperazine rings is 1. The highest BCUT2D eigenvalue weighted by Crippen LogP contribution is 2.34. The number of phenolic OH excluding ortho intramolecular Hbond substituents is 2. The van der Waals surface area contributed by atoms with Gasteiger partial charge in [0.15, 0.2) is 11.5 Å². The largest absolute Gasteiger partial charge is 0.504 e. The Morgan fingerprint density at radius 1 is 0.839 bits per heavy atom. The number of nitrogens with zero attached hydrogens (tertiary/aromatic N) is 2. The second-order valence-corrected chi connectivity index (χ2v) is 8.36. The van der Waals surface area contributed by atoms with Crippen molar-refractivity contribution in [2.75, 3.05) is 36.8 Å². The highest BCUT2D eigenvalue weighted by atomic mass is 35.5. The second kappa shape index (κ2) is 8.13. The van der Waals surface area contributed by atoms with Crippen LogP contribution in [0.1, 0.15) is 11.1 Å². The predicted molar refractivity (Wildman–Crippen MR) is 124 cm³/mol. The Hall–Kier alpha value is -3.22. The lowest BCUT2D eigenvalue weighted by molar-refractivity contribution is -0.539. The minimum Gasteiger partial charge on any atom is -0.504 e. The molecule has 0 amide bonds. The standard InChI is InChI=1S/C24H23ClN4O2/c25-17-6-7-20-21(14-17)27-24(18-3-1-2-4-19(18)26-20)29-11-9-28(10-12-29)15-16-5-8-22(30)23(31)13-16/h1-8,13-14H,9-12,15H2,(H3,26,27,30,31)/p+1. The topological polar surface area (TPSA) is 70.8 Å². The molecular formula is C24H24ClN4O2+. The van der Waals surface area contributed by atoms with Crippen molar-refractivity contribution in [2.24, 2.45) is 0 Å². The lowest BCUT2D eigenvalue weighted by atomic mass is 10.1. The molecule has 1 fully saturated rings. The molecule has 158 valence electrons. The first-order chi connectivity index (χ1) is 15.1. The van der Waals surface area contributed by atoms with Gasteiger partial charge in [-0.1, -0.05) is 29.8 Å². The number of benzene rings is 3. The van der Waals surface area contributed by atoms with E-state index in [1.165, 1.54) is 0 Å². The van der Waals surface area contributed by atoms with E-state index in [1.807, 2.05) is 30.3 Å². The SMILES string of the molecule is Oc1ccc(CN2CC[N+](=C3Nc4cc(Cl)ccc4Nc4ccccc43)CC2)cc1O. The van der Waals surface area contributed by atoms with Crippen LogP contribution in [0.4, 0.5) is 17.1 Å². The van der Waals surface area contributed by atoms with E-state index in [1.54, 1.807) is 12.1 Å². The fourth-order valence-electron chi connectivity index (χ4n) is 4.17. The van der Waals surface area contributed by atoms with Gasteiger partial charge in [-0.15, -0.1) is 0 Å². The number of fused-ring (bicyclic) bond motifs is 2. The van der Waals surface area contributed by atoms with Gasteiger partial charge in [0.05, 0.1) is 30.0 Å². The van der Waals surface area contributed by atoms with E-state index >= 15 is 0 Å². The predicted octanol–water partition coefficient (Wildman–Crippen LogP) is 4.20. The number of aromatic hydroxyl groups is 2. The van der Waals surface area contributed by atoms with Crippen LogP contribution in [-0.4, -0.2) is 51.7 Å². The van der Waals surface area contributed by atoms with Gasteiger partial charge in [0.1, 0.15) is 5.69 Å². The molecule has 0 unspecified atom stereocenters. The molecule has 0 saturated carbocycles. The monoisotopic (exact) mass is 435 g/mol. The molecule has 3 aromatic rings. The van der Waals surface area contributed by atoms with Crippen LogP contribution >= 0.6 is 11.6 Å². The van der Waals surface area contributed by atoms with Crippen molar-refractivity contribution >= 4 is 34.5 Å².